The zero-order chi connectivity index (χ0) is 11.1. The molecule has 1 aliphatic heterocycles. The summed E-state index contributed by atoms with van der Waals surface area (Å²) in [5, 5.41) is 12.4. The molecule has 2 atom stereocenters. The van der Waals surface area contributed by atoms with Crippen LogP contribution >= 0.6 is 0 Å². The number of rotatable bonds is 6. The van der Waals surface area contributed by atoms with Crippen LogP contribution in [-0.4, -0.2) is 48.8 Å². The van der Waals surface area contributed by atoms with Crippen molar-refractivity contribution >= 4 is 0 Å². The molecule has 1 fully saturated rings. The highest BCUT2D eigenvalue weighted by atomic mass is 16.3. The first-order chi connectivity index (χ1) is 7.31. The smallest absolute Gasteiger partial charge is 0.0443 e. The van der Waals surface area contributed by atoms with Crippen molar-refractivity contribution < 1.29 is 5.11 Å². The van der Waals surface area contributed by atoms with E-state index in [9.17, 15) is 0 Å². The van der Waals surface area contributed by atoms with Crippen LogP contribution < -0.4 is 5.32 Å². The van der Waals surface area contributed by atoms with E-state index in [0.717, 1.165) is 25.4 Å². The second-order valence-corrected chi connectivity index (χ2v) is 4.50. The van der Waals surface area contributed by atoms with Crippen molar-refractivity contribution in [2.45, 2.75) is 39.2 Å². The number of aliphatic hydroxyl groups excluding tert-OH is 1. The van der Waals surface area contributed by atoms with Crippen LogP contribution in [0.3, 0.4) is 0 Å². The Morgan fingerprint density at radius 1 is 1.40 bits per heavy atom. The quantitative estimate of drug-likeness (QED) is 0.694. The van der Waals surface area contributed by atoms with E-state index >= 15 is 0 Å². The summed E-state index contributed by atoms with van der Waals surface area (Å²) in [7, 11) is 0. The highest BCUT2D eigenvalue weighted by Gasteiger charge is 2.26. The molecule has 0 aliphatic carbocycles. The van der Waals surface area contributed by atoms with Crippen molar-refractivity contribution in [3.63, 3.8) is 0 Å². The number of nitrogens with one attached hydrogen (secondary N) is 1. The maximum atomic E-state index is 8.82. The van der Waals surface area contributed by atoms with Gasteiger partial charge in [-0.05, 0) is 31.8 Å². The first-order valence-corrected chi connectivity index (χ1v) is 6.38. The summed E-state index contributed by atoms with van der Waals surface area (Å²) in [5.41, 5.74) is 0. The largest absolute Gasteiger partial charge is 0.396 e. The van der Waals surface area contributed by atoms with Gasteiger partial charge in [0.15, 0.2) is 0 Å². The molecule has 0 spiro atoms. The van der Waals surface area contributed by atoms with Gasteiger partial charge < -0.3 is 15.3 Å². The summed E-state index contributed by atoms with van der Waals surface area (Å²) in [6.07, 6.45) is 3.44. The summed E-state index contributed by atoms with van der Waals surface area (Å²) >= 11 is 0. The fraction of sp³-hybridized carbons (Fsp3) is 1.00. The van der Waals surface area contributed by atoms with Gasteiger partial charge in [0, 0.05) is 25.7 Å². The minimum Gasteiger partial charge on any atom is -0.396 e. The summed E-state index contributed by atoms with van der Waals surface area (Å²) in [5.74, 6) is 0.789. The van der Waals surface area contributed by atoms with Crippen molar-refractivity contribution in [3.8, 4) is 0 Å². The summed E-state index contributed by atoms with van der Waals surface area (Å²) in [4.78, 5) is 2.50. The number of hydrogen-bond donors (Lipinski definition) is 2. The molecule has 0 saturated carbocycles. The predicted octanol–water partition coefficient (Wildman–Crippen LogP) is 1.08. The van der Waals surface area contributed by atoms with Crippen molar-refractivity contribution in [2.75, 3.05) is 32.8 Å². The molecule has 90 valence electrons. The van der Waals surface area contributed by atoms with Gasteiger partial charge in [-0.1, -0.05) is 20.3 Å². The standard InChI is InChI=1S/C12H26N2O/c1-3-11-10-14(7-5-9-15)8-6-12(11)13-4-2/h11-13,15H,3-10H2,1-2H3. The Hall–Kier alpha value is -0.120. The minimum atomic E-state index is 0.323. The van der Waals surface area contributed by atoms with Gasteiger partial charge in [0.1, 0.15) is 0 Å². The molecule has 0 amide bonds. The molecule has 1 rings (SSSR count). The van der Waals surface area contributed by atoms with Crippen molar-refractivity contribution in [3.05, 3.63) is 0 Å². The van der Waals surface area contributed by atoms with E-state index in [0.29, 0.717) is 12.6 Å². The van der Waals surface area contributed by atoms with E-state index in [4.69, 9.17) is 5.11 Å². The van der Waals surface area contributed by atoms with E-state index in [1.54, 1.807) is 0 Å². The van der Waals surface area contributed by atoms with Gasteiger partial charge in [0.2, 0.25) is 0 Å². The van der Waals surface area contributed by atoms with Gasteiger partial charge in [-0.2, -0.15) is 0 Å². The SMILES string of the molecule is CCNC1CCN(CCCO)CC1CC. The topological polar surface area (TPSA) is 35.5 Å². The Morgan fingerprint density at radius 2 is 2.20 bits per heavy atom. The molecule has 3 nitrogen and oxygen atoms in total. The van der Waals surface area contributed by atoms with Gasteiger partial charge in [-0.25, -0.2) is 0 Å². The summed E-state index contributed by atoms with van der Waals surface area (Å²) in [6, 6.07) is 0.713. The Morgan fingerprint density at radius 3 is 2.80 bits per heavy atom. The maximum Gasteiger partial charge on any atom is 0.0443 e. The molecule has 3 heteroatoms. The number of piperidine rings is 1. The van der Waals surface area contributed by atoms with E-state index < -0.39 is 0 Å². The predicted molar refractivity (Wildman–Crippen MR) is 64.0 cm³/mol. The Balaban J connectivity index is 2.33. The second kappa shape index (κ2) is 7.20. The lowest BCUT2D eigenvalue weighted by molar-refractivity contribution is 0.126. The van der Waals surface area contributed by atoms with Gasteiger partial charge >= 0.3 is 0 Å². The number of hydrogen-bond acceptors (Lipinski definition) is 3. The lowest BCUT2D eigenvalue weighted by atomic mass is 9.90. The summed E-state index contributed by atoms with van der Waals surface area (Å²) < 4.78 is 0. The lowest BCUT2D eigenvalue weighted by Crippen LogP contribution is -2.49. The van der Waals surface area contributed by atoms with Crippen molar-refractivity contribution in [1.29, 1.82) is 0 Å². The first kappa shape index (κ1) is 12.9. The second-order valence-electron chi connectivity index (χ2n) is 4.50. The fourth-order valence-corrected chi connectivity index (χ4v) is 2.55. The number of nitrogens with zero attached hydrogens (tertiary/aromatic N) is 1. The molecule has 1 aliphatic rings. The van der Waals surface area contributed by atoms with Crippen LogP contribution in [0, 0.1) is 5.92 Å². The van der Waals surface area contributed by atoms with E-state index in [1.165, 1.54) is 25.9 Å². The zero-order valence-electron chi connectivity index (χ0n) is 10.2. The molecule has 1 heterocycles. The molecule has 0 bridgehead atoms. The zero-order valence-corrected chi connectivity index (χ0v) is 10.2. The number of likely N-dealkylation sites (tertiary alicyclic amines) is 1. The first-order valence-electron chi connectivity index (χ1n) is 6.38. The highest BCUT2D eigenvalue weighted by molar-refractivity contribution is 4.84. The molecule has 0 radical (unpaired) electrons. The van der Waals surface area contributed by atoms with Gasteiger partial charge in [-0.3, -0.25) is 0 Å². The lowest BCUT2D eigenvalue weighted by Gasteiger charge is -2.38. The molecule has 1 saturated heterocycles. The Labute approximate surface area is 93.9 Å². The summed E-state index contributed by atoms with van der Waals surface area (Å²) in [6.45, 7) is 9.32. The van der Waals surface area contributed by atoms with E-state index in [2.05, 4.69) is 24.1 Å². The average molecular weight is 214 g/mol. The molecule has 15 heavy (non-hydrogen) atoms. The Kier molecular flexibility index (Phi) is 6.22. The molecular formula is C12H26N2O. The fourth-order valence-electron chi connectivity index (χ4n) is 2.55. The van der Waals surface area contributed by atoms with Crippen molar-refractivity contribution in [1.82, 2.24) is 10.2 Å². The highest BCUT2D eigenvalue weighted by Crippen LogP contribution is 2.20. The van der Waals surface area contributed by atoms with E-state index in [1.807, 2.05) is 0 Å². The normalized spacial score (nSPS) is 28.2. The third-order valence-electron chi connectivity index (χ3n) is 3.44. The molecule has 2 N–H and O–H groups in total. The van der Waals surface area contributed by atoms with Crippen LogP contribution in [0.4, 0.5) is 0 Å². The van der Waals surface area contributed by atoms with Crippen LogP contribution in [0.1, 0.15) is 33.1 Å². The average Bonchev–Trinajstić information content (AvgIpc) is 2.28. The van der Waals surface area contributed by atoms with Crippen LogP contribution in [0.2, 0.25) is 0 Å². The molecule has 0 aromatic rings. The van der Waals surface area contributed by atoms with Crippen LogP contribution in [0.15, 0.2) is 0 Å². The minimum absolute atomic E-state index is 0.323. The monoisotopic (exact) mass is 214 g/mol. The van der Waals surface area contributed by atoms with Gasteiger partial charge in [0.05, 0.1) is 0 Å². The van der Waals surface area contributed by atoms with Crippen LogP contribution in [0.25, 0.3) is 0 Å². The molecule has 0 aromatic heterocycles. The van der Waals surface area contributed by atoms with Crippen molar-refractivity contribution in [2.24, 2.45) is 5.92 Å². The molecular weight excluding hydrogens is 188 g/mol. The Bertz CT molecular complexity index is 164. The van der Waals surface area contributed by atoms with Gasteiger partial charge in [-0.15, -0.1) is 0 Å². The third kappa shape index (κ3) is 4.09. The van der Waals surface area contributed by atoms with Gasteiger partial charge in [0.25, 0.3) is 0 Å². The molecule has 0 aromatic carbocycles. The number of aliphatic hydroxyl groups is 1. The van der Waals surface area contributed by atoms with Crippen LogP contribution in [0.5, 0.6) is 0 Å². The molecule has 2 unspecified atom stereocenters. The third-order valence-corrected chi connectivity index (χ3v) is 3.44. The maximum absolute atomic E-state index is 8.82. The van der Waals surface area contributed by atoms with Crippen LogP contribution in [-0.2, 0) is 0 Å². The van der Waals surface area contributed by atoms with E-state index in [-0.39, 0.29) is 0 Å².